The maximum atomic E-state index is 13.4. The average molecular weight is 224 g/mol. The second kappa shape index (κ2) is 3.77. The van der Waals surface area contributed by atoms with Crippen LogP contribution in [0, 0.1) is 12.7 Å². The Hall–Kier alpha value is -1.16. The third kappa shape index (κ3) is 1.81. The van der Waals surface area contributed by atoms with Gasteiger partial charge < -0.3 is 0 Å². The molecule has 2 nitrogen and oxygen atoms in total. The van der Waals surface area contributed by atoms with Gasteiger partial charge in [-0.25, -0.2) is 4.39 Å². The molecule has 4 heteroatoms. The summed E-state index contributed by atoms with van der Waals surface area (Å²) in [5, 5.41) is 6.15. The number of halogens is 1. The van der Waals surface area contributed by atoms with Crippen molar-refractivity contribution in [2.45, 2.75) is 26.8 Å². The maximum Gasteiger partial charge on any atom is 0.143 e. The zero-order chi connectivity index (χ0) is 11.0. The van der Waals surface area contributed by atoms with Crippen molar-refractivity contribution in [3.05, 3.63) is 29.0 Å². The normalized spacial score (nSPS) is 11.3. The molecule has 2 aromatic heterocycles. The fourth-order valence-electron chi connectivity index (χ4n) is 1.43. The number of aryl methyl sites for hydroxylation is 1. The molecule has 0 aromatic carbocycles. The first-order chi connectivity index (χ1) is 7.09. The third-order valence-corrected chi connectivity index (χ3v) is 3.17. The summed E-state index contributed by atoms with van der Waals surface area (Å²) in [7, 11) is 0. The lowest BCUT2D eigenvalue weighted by atomic mass is 10.2. The van der Waals surface area contributed by atoms with Gasteiger partial charge in [0.05, 0.1) is 4.88 Å². The quantitative estimate of drug-likeness (QED) is 0.761. The minimum Gasteiger partial charge on any atom is -0.269 e. The molecule has 0 radical (unpaired) electrons. The lowest BCUT2D eigenvalue weighted by Crippen LogP contribution is -2.00. The van der Waals surface area contributed by atoms with Gasteiger partial charge in [0.2, 0.25) is 0 Å². The molecule has 2 aromatic rings. The summed E-state index contributed by atoms with van der Waals surface area (Å²) < 4.78 is 15.3. The molecule has 2 heterocycles. The van der Waals surface area contributed by atoms with Crippen LogP contribution in [0.3, 0.4) is 0 Å². The van der Waals surface area contributed by atoms with E-state index in [0.29, 0.717) is 10.9 Å². The van der Waals surface area contributed by atoms with Crippen LogP contribution in [0.5, 0.6) is 0 Å². The molecule has 0 bridgehead atoms. The van der Waals surface area contributed by atoms with Crippen molar-refractivity contribution in [2.75, 3.05) is 0 Å². The van der Waals surface area contributed by atoms with E-state index in [4.69, 9.17) is 0 Å². The molecule has 0 aliphatic heterocycles. The van der Waals surface area contributed by atoms with Crippen LogP contribution in [0.25, 0.3) is 10.6 Å². The second-order valence-electron chi connectivity index (χ2n) is 3.83. The van der Waals surface area contributed by atoms with Gasteiger partial charge in [0, 0.05) is 12.2 Å². The highest BCUT2D eigenvalue weighted by molar-refractivity contribution is 7.13. The Balaban J connectivity index is 2.50. The Bertz CT molecular complexity index is 471. The Labute approximate surface area is 92.4 Å². The highest BCUT2D eigenvalue weighted by Gasteiger charge is 2.14. The monoisotopic (exact) mass is 224 g/mol. The minimum absolute atomic E-state index is 0.183. The van der Waals surface area contributed by atoms with Gasteiger partial charge in [-0.2, -0.15) is 5.10 Å². The number of hydrogen-bond acceptors (Lipinski definition) is 2. The lowest BCUT2D eigenvalue weighted by Gasteiger charge is -2.03. The van der Waals surface area contributed by atoms with E-state index >= 15 is 0 Å². The minimum atomic E-state index is -0.183. The molecule has 0 aliphatic rings. The molecule has 0 atom stereocenters. The molecule has 0 spiro atoms. The molecule has 0 fully saturated rings. The van der Waals surface area contributed by atoms with Gasteiger partial charge in [-0.1, -0.05) is 0 Å². The molecule has 0 amide bonds. The van der Waals surface area contributed by atoms with E-state index in [1.54, 1.807) is 5.38 Å². The van der Waals surface area contributed by atoms with Crippen molar-refractivity contribution in [3.8, 4) is 10.6 Å². The number of nitrogens with zero attached hydrogens (tertiary/aromatic N) is 2. The maximum absolute atomic E-state index is 13.4. The highest BCUT2D eigenvalue weighted by atomic mass is 32.1. The zero-order valence-electron chi connectivity index (χ0n) is 8.99. The van der Waals surface area contributed by atoms with Gasteiger partial charge in [-0.05, 0) is 37.8 Å². The average Bonchev–Trinajstić information content (AvgIpc) is 2.71. The molecule has 15 heavy (non-hydrogen) atoms. The van der Waals surface area contributed by atoms with Crippen molar-refractivity contribution in [2.24, 2.45) is 0 Å². The third-order valence-electron chi connectivity index (χ3n) is 2.28. The van der Waals surface area contributed by atoms with Gasteiger partial charge >= 0.3 is 0 Å². The summed E-state index contributed by atoms with van der Waals surface area (Å²) in [5.74, 6) is -0.183. The van der Waals surface area contributed by atoms with E-state index in [1.807, 2.05) is 17.8 Å². The first-order valence-electron chi connectivity index (χ1n) is 4.88. The van der Waals surface area contributed by atoms with E-state index in [1.165, 1.54) is 17.4 Å². The van der Waals surface area contributed by atoms with Crippen molar-refractivity contribution in [1.82, 2.24) is 9.78 Å². The summed E-state index contributed by atoms with van der Waals surface area (Å²) in [4.78, 5) is 0.631. The Morgan fingerprint density at radius 2 is 2.20 bits per heavy atom. The fourth-order valence-corrected chi connectivity index (χ4v) is 2.25. The lowest BCUT2D eigenvalue weighted by molar-refractivity contribution is 0.533. The van der Waals surface area contributed by atoms with Gasteiger partial charge in [-0.3, -0.25) is 4.68 Å². The number of rotatable bonds is 2. The van der Waals surface area contributed by atoms with Crippen molar-refractivity contribution < 1.29 is 4.39 Å². The summed E-state index contributed by atoms with van der Waals surface area (Å²) >= 11 is 1.39. The van der Waals surface area contributed by atoms with E-state index < -0.39 is 0 Å². The molecular weight excluding hydrogens is 211 g/mol. The molecule has 0 saturated carbocycles. The molecule has 0 aliphatic carbocycles. The van der Waals surface area contributed by atoms with E-state index in [0.717, 1.165) is 11.3 Å². The number of aromatic nitrogens is 2. The second-order valence-corrected chi connectivity index (χ2v) is 4.75. The Kier molecular flexibility index (Phi) is 2.61. The molecule has 0 N–H and O–H groups in total. The van der Waals surface area contributed by atoms with Gasteiger partial charge in [0.25, 0.3) is 0 Å². The van der Waals surface area contributed by atoms with Crippen LogP contribution >= 0.6 is 11.3 Å². The van der Waals surface area contributed by atoms with Crippen LogP contribution in [0.15, 0.2) is 17.6 Å². The van der Waals surface area contributed by atoms with Crippen LogP contribution in [-0.4, -0.2) is 9.78 Å². The van der Waals surface area contributed by atoms with Crippen LogP contribution in [0.2, 0.25) is 0 Å². The number of hydrogen-bond donors (Lipinski definition) is 0. The van der Waals surface area contributed by atoms with E-state index in [-0.39, 0.29) is 5.82 Å². The van der Waals surface area contributed by atoms with E-state index in [2.05, 4.69) is 18.9 Å². The van der Waals surface area contributed by atoms with Crippen LogP contribution in [0.1, 0.15) is 25.5 Å². The van der Waals surface area contributed by atoms with Crippen LogP contribution < -0.4 is 0 Å². The fraction of sp³-hybridized carbons (Fsp3) is 0.364. The summed E-state index contributed by atoms with van der Waals surface area (Å²) in [6, 6.07) is 1.79. The summed E-state index contributed by atoms with van der Waals surface area (Å²) in [6.45, 7) is 6.07. The molecule has 0 unspecified atom stereocenters. The molecule has 80 valence electrons. The predicted octanol–water partition coefficient (Wildman–Crippen LogP) is 3.64. The molecule has 0 saturated heterocycles. The smallest absolute Gasteiger partial charge is 0.143 e. The van der Waals surface area contributed by atoms with E-state index in [9.17, 15) is 4.39 Å². The SMILES string of the molecule is Cc1cn(C(C)C)nc1-c1sccc1F. The first kappa shape index (κ1) is 10.4. The first-order valence-corrected chi connectivity index (χ1v) is 5.76. The molecular formula is C11H13FN2S. The summed E-state index contributed by atoms with van der Waals surface area (Å²) in [6.07, 6.45) is 1.96. The summed E-state index contributed by atoms with van der Waals surface area (Å²) in [5.41, 5.74) is 1.78. The Morgan fingerprint density at radius 1 is 1.47 bits per heavy atom. The van der Waals surface area contributed by atoms with Crippen LogP contribution in [0.4, 0.5) is 4.39 Å². The highest BCUT2D eigenvalue weighted by Crippen LogP contribution is 2.29. The standard InChI is InChI=1S/C11H13FN2S/c1-7(2)14-6-8(3)10(13-14)11-9(12)4-5-15-11/h4-7H,1-3H3. The van der Waals surface area contributed by atoms with Crippen LogP contribution in [-0.2, 0) is 0 Å². The predicted molar refractivity (Wildman–Crippen MR) is 60.6 cm³/mol. The topological polar surface area (TPSA) is 17.8 Å². The number of thiophene rings is 1. The molecule has 2 rings (SSSR count). The van der Waals surface area contributed by atoms with Crippen molar-refractivity contribution in [1.29, 1.82) is 0 Å². The van der Waals surface area contributed by atoms with Gasteiger partial charge in [-0.15, -0.1) is 11.3 Å². The Morgan fingerprint density at radius 3 is 2.67 bits per heavy atom. The van der Waals surface area contributed by atoms with Crippen molar-refractivity contribution >= 4 is 11.3 Å². The van der Waals surface area contributed by atoms with Crippen molar-refractivity contribution in [3.63, 3.8) is 0 Å². The zero-order valence-corrected chi connectivity index (χ0v) is 9.81. The van der Waals surface area contributed by atoms with Gasteiger partial charge in [0.15, 0.2) is 0 Å². The van der Waals surface area contributed by atoms with Gasteiger partial charge in [0.1, 0.15) is 11.5 Å². The largest absolute Gasteiger partial charge is 0.269 e.